The Morgan fingerprint density at radius 2 is 2.05 bits per heavy atom. The highest BCUT2D eigenvalue weighted by atomic mass is 16.4. The summed E-state index contributed by atoms with van der Waals surface area (Å²) < 4.78 is 0. The van der Waals surface area contributed by atoms with Gasteiger partial charge in [0, 0.05) is 29.2 Å². The van der Waals surface area contributed by atoms with Gasteiger partial charge in [-0.3, -0.25) is 0 Å². The lowest BCUT2D eigenvalue weighted by molar-refractivity contribution is -0.132. The highest BCUT2D eigenvalue weighted by molar-refractivity contribution is 6.01. The van der Waals surface area contributed by atoms with Crippen LogP contribution in [0.2, 0.25) is 0 Å². The summed E-state index contributed by atoms with van der Waals surface area (Å²) in [5.41, 5.74) is 3.24. The van der Waals surface area contributed by atoms with Gasteiger partial charge in [0.05, 0.1) is 0 Å². The minimum atomic E-state index is -0.871. The maximum atomic E-state index is 11.3. The maximum Gasteiger partial charge on any atom is 0.331 e. The van der Waals surface area contributed by atoms with Crippen molar-refractivity contribution in [3.05, 3.63) is 41.6 Å². The molecule has 0 amide bonds. The van der Waals surface area contributed by atoms with Crippen LogP contribution < -0.4 is 0 Å². The SMILES string of the molecule is C/C(C(=O)O)=C(\CN(C)C)c1cccc2[nH]ccc12. The molecule has 0 bridgehead atoms. The Morgan fingerprint density at radius 1 is 1.32 bits per heavy atom. The second-order valence-electron chi connectivity index (χ2n) is 4.89. The van der Waals surface area contributed by atoms with Crippen molar-refractivity contribution in [2.24, 2.45) is 0 Å². The van der Waals surface area contributed by atoms with Crippen molar-refractivity contribution in [2.75, 3.05) is 20.6 Å². The van der Waals surface area contributed by atoms with Crippen molar-refractivity contribution >= 4 is 22.4 Å². The molecule has 0 saturated carbocycles. The van der Waals surface area contributed by atoms with Gasteiger partial charge in [-0.15, -0.1) is 0 Å². The fourth-order valence-corrected chi connectivity index (χ4v) is 2.20. The van der Waals surface area contributed by atoms with Crippen molar-refractivity contribution in [3.63, 3.8) is 0 Å². The average Bonchev–Trinajstić information content (AvgIpc) is 2.82. The fourth-order valence-electron chi connectivity index (χ4n) is 2.20. The molecule has 0 spiro atoms. The lowest BCUT2D eigenvalue weighted by atomic mass is 9.97. The summed E-state index contributed by atoms with van der Waals surface area (Å²) in [4.78, 5) is 16.4. The Hall–Kier alpha value is -2.07. The molecule has 19 heavy (non-hydrogen) atoms. The maximum absolute atomic E-state index is 11.3. The van der Waals surface area contributed by atoms with E-state index in [4.69, 9.17) is 0 Å². The van der Waals surface area contributed by atoms with Gasteiger partial charge >= 0.3 is 5.97 Å². The van der Waals surface area contributed by atoms with Gasteiger partial charge in [-0.25, -0.2) is 4.79 Å². The molecular formula is C15H18N2O2. The zero-order valence-corrected chi connectivity index (χ0v) is 11.4. The van der Waals surface area contributed by atoms with E-state index in [1.54, 1.807) is 6.92 Å². The Labute approximate surface area is 112 Å². The Kier molecular flexibility index (Phi) is 3.71. The number of hydrogen-bond acceptors (Lipinski definition) is 2. The smallest absolute Gasteiger partial charge is 0.331 e. The number of carboxylic acid groups (broad SMARTS) is 1. The first-order valence-electron chi connectivity index (χ1n) is 6.15. The third-order valence-electron chi connectivity index (χ3n) is 3.17. The normalized spacial score (nSPS) is 12.8. The van der Waals surface area contributed by atoms with Crippen LogP contribution in [0.25, 0.3) is 16.5 Å². The summed E-state index contributed by atoms with van der Waals surface area (Å²) >= 11 is 0. The van der Waals surface area contributed by atoms with E-state index >= 15 is 0 Å². The molecule has 2 aromatic rings. The third kappa shape index (κ3) is 2.69. The Balaban J connectivity index is 2.64. The molecule has 0 aliphatic carbocycles. The first-order chi connectivity index (χ1) is 9.00. The molecule has 0 radical (unpaired) electrons. The molecule has 2 rings (SSSR count). The zero-order chi connectivity index (χ0) is 14.0. The quantitative estimate of drug-likeness (QED) is 0.829. The number of nitrogens with zero attached hydrogens (tertiary/aromatic N) is 1. The van der Waals surface area contributed by atoms with E-state index in [-0.39, 0.29) is 0 Å². The molecule has 0 atom stereocenters. The predicted octanol–water partition coefficient (Wildman–Crippen LogP) is 2.59. The number of rotatable bonds is 4. The average molecular weight is 258 g/mol. The van der Waals surface area contributed by atoms with E-state index in [1.807, 2.05) is 49.5 Å². The number of aromatic nitrogens is 1. The molecule has 4 heteroatoms. The summed E-state index contributed by atoms with van der Waals surface area (Å²) in [6.07, 6.45) is 1.87. The molecule has 0 unspecified atom stereocenters. The highest BCUT2D eigenvalue weighted by Gasteiger charge is 2.15. The second kappa shape index (κ2) is 5.28. The van der Waals surface area contributed by atoms with E-state index < -0.39 is 5.97 Å². The number of carboxylic acids is 1. The van der Waals surface area contributed by atoms with E-state index in [2.05, 4.69) is 4.98 Å². The highest BCUT2D eigenvalue weighted by Crippen LogP contribution is 2.27. The second-order valence-corrected chi connectivity index (χ2v) is 4.89. The van der Waals surface area contributed by atoms with Crippen molar-refractivity contribution < 1.29 is 9.90 Å². The van der Waals surface area contributed by atoms with Gasteiger partial charge in [0.25, 0.3) is 0 Å². The van der Waals surface area contributed by atoms with Gasteiger partial charge in [-0.2, -0.15) is 0 Å². The van der Waals surface area contributed by atoms with E-state index in [0.29, 0.717) is 12.1 Å². The van der Waals surface area contributed by atoms with E-state index in [1.165, 1.54) is 0 Å². The number of H-pyrrole nitrogens is 1. The minimum absolute atomic E-state index is 0.391. The molecule has 4 nitrogen and oxygen atoms in total. The first-order valence-corrected chi connectivity index (χ1v) is 6.15. The number of carbonyl (C=O) groups is 1. The first kappa shape index (κ1) is 13.4. The molecular weight excluding hydrogens is 240 g/mol. The molecule has 0 saturated heterocycles. The van der Waals surface area contributed by atoms with Crippen LogP contribution in [0, 0.1) is 0 Å². The number of benzene rings is 1. The molecule has 0 aliphatic rings. The summed E-state index contributed by atoms with van der Waals surface area (Å²) in [5.74, 6) is -0.871. The number of likely N-dealkylation sites (N-methyl/N-ethyl adjacent to an activating group) is 1. The summed E-state index contributed by atoms with van der Waals surface area (Å²) in [6.45, 7) is 2.26. The van der Waals surface area contributed by atoms with Crippen molar-refractivity contribution in [3.8, 4) is 0 Å². The van der Waals surface area contributed by atoms with Crippen LogP contribution in [-0.2, 0) is 4.79 Å². The third-order valence-corrected chi connectivity index (χ3v) is 3.17. The van der Waals surface area contributed by atoms with Gasteiger partial charge < -0.3 is 15.0 Å². The summed E-state index contributed by atoms with van der Waals surface area (Å²) in [7, 11) is 3.87. The molecule has 0 fully saturated rings. The Morgan fingerprint density at radius 3 is 2.68 bits per heavy atom. The fraction of sp³-hybridized carbons (Fsp3) is 0.267. The van der Waals surface area contributed by atoms with Crippen LogP contribution in [0.5, 0.6) is 0 Å². The van der Waals surface area contributed by atoms with E-state index in [9.17, 15) is 9.90 Å². The summed E-state index contributed by atoms with van der Waals surface area (Å²) in [6, 6.07) is 7.89. The number of hydrogen-bond donors (Lipinski definition) is 2. The van der Waals surface area contributed by atoms with Crippen LogP contribution in [0.1, 0.15) is 12.5 Å². The molecule has 0 aliphatic heterocycles. The summed E-state index contributed by atoms with van der Waals surface area (Å²) in [5, 5.41) is 10.3. The molecule has 1 heterocycles. The van der Waals surface area contributed by atoms with Gasteiger partial charge in [0.2, 0.25) is 0 Å². The Bertz CT molecular complexity index is 638. The standard InChI is InChI=1S/C15H18N2O2/c1-10(15(18)19)13(9-17(2)3)11-5-4-6-14-12(11)7-8-16-14/h4-8,16H,9H2,1-3H3,(H,18,19)/b13-10-. The van der Waals surface area contributed by atoms with Crippen LogP contribution in [-0.4, -0.2) is 41.6 Å². The van der Waals surface area contributed by atoms with Gasteiger partial charge in [-0.1, -0.05) is 12.1 Å². The van der Waals surface area contributed by atoms with Crippen molar-refractivity contribution in [1.29, 1.82) is 0 Å². The van der Waals surface area contributed by atoms with Gasteiger partial charge in [0.15, 0.2) is 0 Å². The number of nitrogens with one attached hydrogen (secondary N) is 1. The molecule has 1 aromatic carbocycles. The number of fused-ring (bicyclic) bond motifs is 1. The number of aromatic amines is 1. The topological polar surface area (TPSA) is 56.3 Å². The van der Waals surface area contributed by atoms with Crippen molar-refractivity contribution in [2.45, 2.75) is 6.92 Å². The molecule has 2 N–H and O–H groups in total. The minimum Gasteiger partial charge on any atom is -0.478 e. The largest absolute Gasteiger partial charge is 0.478 e. The van der Waals surface area contributed by atoms with Gasteiger partial charge in [-0.05, 0) is 44.3 Å². The molecule has 1 aromatic heterocycles. The zero-order valence-electron chi connectivity index (χ0n) is 11.4. The van der Waals surface area contributed by atoms with Crippen LogP contribution in [0.3, 0.4) is 0 Å². The monoisotopic (exact) mass is 258 g/mol. The van der Waals surface area contributed by atoms with Crippen LogP contribution >= 0.6 is 0 Å². The van der Waals surface area contributed by atoms with Crippen molar-refractivity contribution in [1.82, 2.24) is 9.88 Å². The van der Waals surface area contributed by atoms with Crippen LogP contribution in [0.4, 0.5) is 0 Å². The van der Waals surface area contributed by atoms with Crippen LogP contribution in [0.15, 0.2) is 36.0 Å². The molecule has 100 valence electrons. The van der Waals surface area contributed by atoms with E-state index in [0.717, 1.165) is 22.0 Å². The number of aliphatic carboxylic acids is 1. The predicted molar refractivity (Wildman–Crippen MR) is 77.1 cm³/mol. The van der Waals surface area contributed by atoms with Gasteiger partial charge in [0.1, 0.15) is 0 Å². The lowest BCUT2D eigenvalue weighted by Crippen LogP contribution is -2.17. The lowest BCUT2D eigenvalue weighted by Gasteiger charge is -2.16.